The summed E-state index contributed by atoms with van der Waals surface area (Å²) in [5.41, 5.74) is 4.85. The summed E-state index contributed by atoms with van der Waals surface area (Å²) >= 11 is 0. The molecule has 2 heteroatoms. The molecule has 0 radical (unpaired) electrons. The Balaban J connectivity index is 0. The predicted octanol–water partition coefficient (Wildman–Crippen LogP) is 0.359. The smallest absolute Gasteiger partial charge is 0.119 e. The molecule has 2 nitrogen and oxygen atoms in total. The van der Waals surface area contributed by atoms with Crippen LogP contribution in [0.15, 0.2) is 6.08 Å². The van der Waals surface area contributed by atoms with Crippen molar-refractivity contribution >= 4 is 5.94 Å². The third-order valence-corrected chi connectivity index (χ3v) is 0.118. The SMILES string of the molecule is CC=C=O.CCN. The van der Waals surface area contributed by atoms with Crippen molar-refractivity contribution in [2.24, 2.45) is 5.73 Å². The maximum Gasteiger partial charge on any atom is 0.119 e. The van der Waals surface area contributed by atoms with E-state index >= 15 is 0 Å². The van der Waals surface area contributed by atoms with Gasteiger partial charge in [0, 0.05) is 0 Å². The molecule has 0 aliphatic heterocycles. The Bertz CT molecular complexity index is 55.1. The Hall–Kier alpha value is -0.590. The van der Waals surface area contributed by atoms with Gasteiger partial charge in [0.25, 0.3) is 0 Å². The van der Waals surface area contributed by atoms with Gasteiger partial charge in [-0.1, -0.05) is 6.92 Å². The van der Waals surface area contributed by atoms with E-state index in [0.29, 0.717) is 0 Å². The molecule has 0 aromatic rings. The van der Waals surface area contributed by atoms with Crippen LogP contribution in [0.4, 0.5) is 0 Å². The van der Waals surface area contributed by atoms with Gasteiger partial charge < -0.3 is 5.73 Å². The molecule has 0 aromatic carbocycles. The number of hydrogen-bond acceptors (Lipinski definition) is 2. The summed E-state index contributed by atoms with van der Waals surface area (Å²) in [6.07, 6.45) is 1.32. The van der Waals surface area contributed by atoms with Crippen LogP contribution in [0.3, 0.4) is 0 Å². The van der Waals surface area contributed by atoms with E-state index in [1.54, 1.807) is 12.9 Å². The Labute approximate surface area is 44.0 Å². The summed E-state index contributed by atoms with van der Waals surface area (Å²) in [4.78, 5) is 8.99. The molecule has 42 valence electrons. The van der Waals surface area contributed by atoms with Gasteiger partial charge in [0.2, 0.25) is 0 Å². The van der Waals surface area contributed by atoms with Gasteiger partial charge in [-0.15, -0.1) is 0 Å². The Kier molecular flexibility index (Phi) is 25.0. The van der Waals surface area contributed by atoms with Crippen LogP contribution in [-0.4, -0.2) is 12.5 Å². The van der Waals surface area contributed by atoms with Crippen LogP contribution in [0, 0.1) is 0 Å². The van der Waals surface area contributed by atoms with Crippen molar-refractivity contribution in [3.63, 3.8) is 0 Å². The van der Waals surface area contributed by atoms with E-state index in [4.69, 9.17) is 10.5 Å². The lowest BCUT2D eigenvalue weighted by Crippen LogP contribution is -1.87. The number of nitrogens with two attached hydrogens (primary N) is 1. The minimum atomic E-state index is 0.750. The van der Waals surface area contributed by atoms with E-state index in [-0.39, 0.29) is 0 Å². The number of rotatable bonds is 0. The molecule has 0 saturated heterocycles. The van der Waals surface area contributed by atoms with Gasteiger partial charge in [0.15, 0.2) is 0 Å². The second-order valence-electron chi connectivity index (χ2n) is 0.815. The highest BCUT2D eigenvalue weighted by Crippen LogP contribution is 1.36. The summed E-state index contributed by atoms with van der Waals surface area (Å²) < 4.78 is 0. The molecule has 0 aromatic heterocycles. The molecule has 2 N–H and O–H groups in total. The number of carbonyl (C=O) groups excluding carboxylic acids is 1. The first-order valence-electron chi connectivity index (χ1n) is 2.19. The van der Waals surface area contributed by atoms with E-state index < -0.39 is 0 Å². The fourth-order valence-electron chi connectivity index (χ4n) is 0. The van der Waals surface area contributed by atoms with Gasteiger partial charge in [-0.05, 0) is 19.5 Å². The number of hydrogen-bond donors (Lipinski definition) is 1. The zero-order valence-corrected chi connectivity index (χ0v) is 4.77. The Morgan fingerprint density at radius 1 is 1.86 bits per heavy atom. The van der Waals surface area contributed by atoms with Crippen LogP contribution in [0.5, 0.6) is 0 Å². The maximum absolute atomic E-state index is 8.99. The molecule has 0 rings (SSSR count). The first kappa shape index (κ1) is 9.65. The lowest BCUT2D eigenvalue weighted by atomic mass is 10.8. The molecule has 0 fully saturated rings. The van der Waals surface area contributed by atoms with Crippen molar-refractivity contribution in [2.75, 3.05) is 6.54 Å². The molecule has 0 saturated carbocycles. The normalized spacial score (nSPS) is 5.00. The summed E-state index contributed by atoms with van der Waals surface area (Å²) in [6, 6.07) is 0. The van der Waals surface area contributed by atoms with Crippen LogP contribution in [0.1, 0.15) is 13.8 Å². The molecule has 7 heavy (non-hydrogen) atoms. The van der Waals surface area contributed by atoms with Gasteiger partial charge >= 0.3 is 0 Å². The lowest BCUT2D eigenvalue weighted by Gasteiger charge is -1.53. The highest BCUT2D eigenvalue weighted by molar-refractivity contribution is 5.43. The van der Waals surface area contributed by atoms with Crippen molar-refractivity contribution in [3.05, 3.63) is 6.08 Å². The topological polar surface area (TPSA) is 43.1 Å². The van der Waals surface area contributed by atoms with E-state index in [1.165, 1.54) is 6.08 Å². The molecule has 0 amide bonds. The molecule has 0 aliphatic carbocycles. The molecular formula is C5H11NO. The van der Waals surface area contributed by atoms with Crippen molar-refractivity contribution in [3.8, 4) is 0 Å². The third-order valence-electron chi connectivity index (χ3n) is 0.118. The van der Waals surface area contributed by atoms with Gasteiger partial charge in [0.05, 0.1) is 0 Å². The van der Waals surface area contributed by atoms with Crippen LogP contribution in [0.25, 0.3) is 0 Å². The second kappa shape index (κ2) is 18.1. The summed E-state index contributed by atoms with van der Waals surface area (Å²) in [5.74, 6) is 1.56. The molecule has 0 aliphatic rings. The second-order valence-corrected chi connectivity index (χ2v) is 0.815. The zero-order valence-electron chi connectivity index (χ0n) is 4.77. The Morgan fingerprint density at radius 2 is 2.00 bits per heavy atom. The first-order chi connectivity index (χ1) is 3.33. The molecular weight excluding hydrogens is 90.1 g/mol. The molecule has 0 unspecified atom stereocenters. The van der Waals surface area contributed by atoms with Crippen molar-refractivity contribution in [1.82, 2.24) is 0 Å². The third kappa shape index (κ3) is 374. The highest BCUT2D eigenvalue weighted by atomic mass is 16.1. The van der Waals surface area contributed by atoms with Crippen molar-refractivity contribution in [1.29, 1.82) is 0 Å². The summed E-state index contributed by atoms with van der Waals surface area (Å²) in [5, 5.41) is 0. The molecule has 0 atom stereocenters. The van der Waals surface area contributed by atoms with E-state index in [2.05, 4.69) is 0 Å². The van der Waals surface area contributed by atoms with Gasteiger partial charge in [-0.2, -0.15) is 0 Å². The summed E-state index contributed by atoms with van der Waals surface area (Å²) in [7, 11) is 0. The predicted molar refractivity (Wildman–Crippen MR) is 30.7 cm³/mol. The van der Waals surface area contributed by atoms with Gasteiger partial charge in [-0.25, -0.2) is 4.79 Å². The average molecular weight is 101 g/mol. The maximum atomic E-state index is 8.99. The molecule has 0 spiro atoms. The lowest BCUT2D eigenvalue weighted by molar-refractivity contribution is 0.568. The van der Waals surface area contributed by atoms with Crippen molar-refractivity contribution in [2.45, 2.75) is 13.8 Å². The fourth-order valence-corrected chi connectivity index (χ4v) is 0. The van der Waals surface area contributed by atoms with Crippen LogP contribution in [0.2, 0.25) is 0 Å². The average Bonchev–Trinajstić information content (AvgIpc) is 1.69. The van der Waals surface area contributed by atoms with Crippen LogP contribution < -0.4 is 5.73 Å². The standard InChI is InChI=1S/C3H4O.C2H7N/c1-2-3-4;1-2-3/h2H,1H3;2-3H2,1H3. The minimum absolute atomic E-state index is 0.750. The van der Waals surface area contributed by atoms with Gasteiger partial charge in [0.1, 0.15) is 5.94 Å². The summed E-state index contributed by atoms with van der Waals surface area (Å²) in [6.45, 7) is 4.28. The molecule has 0 heterocycles. The van der Waals surface area contributed by atoms with Crippen molar-refractivity contribution < 1.29 is 4.79 Å². The monoisotopic (exact) mass is 101 g/mol. The van der Waals surface area contributed by atoms with E-state index in [0.717, 1.165) is 6.54 Å². The fraction of sp³-hybridized carbons (Fsp3) is 0.600. The van der Waals surface area contributed by atoms with Crippen LogP contribution >= 0.6 is 0 Å². The van der Waals surface area contributed by atoms with E-state index in [1.807, 2.05) is 6.92 Å². The quantitative estimate of drug-likeness (QED) is 0.448. The zero-order chi connectivity index (χ0) is 6.12. The molecule has 0 bridgehead atoms. The van der Waals surface area contributed by atoms with Gasteiger partial charge in [-0.3, -0.25) is 0 Å². The van der Waals surface area contributed by atoms with E-state index in [9.17, 15) is 0 Å². The van der Waals surface area contributed by atoms with Crippen LogP contribution in [-0.2, 0) is 4.79 Å². The minimum Gasteiger partial charge on any atom is -0.331 e. The Morgan fingerprint density at radius 3 is 2.00 bits per heavy atom. The highest BCUT2D eigenvalue weighted by Gasteiger charge is 1.32. The first-order valence-corrected chi connectivity index (χ1v) is 2.19. The number of allylic oxidation sites excluding steroid dienone is 1. The largest absolute Gasteiger partial charge is 0.331 e.